The summed E-state index contributed by atoms with van der Waals surface area (Å²) in [5, 5.41) is 2.83. The van der Waals surface area contributed by atoms with Gasteiger partial charge in [0, 0.05) is 13.1 Å². The lowest BCUT2D eigenvalue weighted by Gasteiger charge is -2.38. The van der Waals surface area contributed by atoms with Gasteiger partial charge in [0.05, 0.1) is 12.7 Å². The average Bonchev–Trinajstić information content (AvgIpc) is 2.52. The van der Waals surface area contributed by atoms with E-state index in [0.717, 1.165) is 32.4 Å². The second-order valence-corrected chi connectivity index (χ2v) is 7.58. The summed E-state index contributed by atoms with van der Waals surface area (Å²) < 4.78 is 3.60. The Morgan fingerprint density at radius 3 is 2.45 bits per heavy atom. The van der Waals surface area contributed by atoms with Crippen molar-refractivity contribution < 1.29 is 9.53 Å². The number of alkyl halides is 3. The number of methoxy groups -OCH3 is 1. The van der Waals surface area contributed by atoms with E-state index >= 15 is 0 Å². The van der Waals surface area contributed by atoms with E-state index in [1.54, 1.807) is 24.3 Å². The highest BCUT2D eigenvalue weighted by atomic mass is 35.6. The van der Waals surface area contributed by atoms with E-state index < -0.39 is 9.96 Å². The summed E-state index contributed by atoms with van der Waals surface area (Å²) in [4.78, 5) is 14.5. The molecule has 0 aliphatic carbocycles. The van der Waals surface area contributed by atoms with Gasteiger partial charge in [-0.15, -0.1) is 0 Å². The van der Waals surface area contributed by atoms with Crippen LogP contribution in [0.25, 0.3) is 0 Å². The lowest BCUT2D eigenvalue weighted by molar-refractivity contribution is 0.0816. The number of piperidine rings is 1. The number of carbonyl (C=O) groups excluding carboxylic acids is 1. The fourth-order valence-corrected chi connectivity index (χ4v) is 3.17. The number of halogens is 3. The molecular weight excluding hydrogens is 347 g/mol. The van der Waals surface area contributed by atoms with E-state index in [1.165, 1.54) is 7.11 Å². The molecule has 1 amide bonds. The molecule has 0 saturated carbocycles. The van der Waals surface area contributed by atoms with Crippen molar-refractivity contribution in [1.82, 2.24) is 10.2 Å². The van der Waals surface area contributed by atoms with E-state index in [4.69, 9.17) is 39.5 Å². The predicted octanol–water partition coefficient (Wildman–Crippen LogP) is 3.61. The van der Waals surface area contributed by atoms with Crippen molar-refractivity contribution in [2.45, 2.75) is 29.2 Å². The first-order valence-electron chi connectivity index (χ1n) is 7.18. The van der Waals surface area contributed by atoms with Gasteiger partial charge in [0.25, 0.3) is 5.91 Å². The molecule has 0 unspecified atom stereocenters. The minimum absolute atomic E-state index is 0.320. The van der Waals surface area contributed by atoms with Gasteiger partial charge in [-0.25, -0.2) is 0 Å². The zero-order valence-electron chi connectivity index (χ0n) is 12.3. The van der Waals surface area contributed by atoms with Crippen LogP contribution >= 0.6 is 34.8 Å². The summed E-state index contributed by atoms with van der Waals surface area (Å²) in [6.45, 7) is 1.59. The molecule has 4 nitrogen and oxygen atoms in total. The minimum atomic E-state index is -1.60. The minimum Gasteiger partial charge on any atom is -0.496 e. The molecule has 122 valence electrons. The number of para-hydroxylation sites is 1. The second kappa shape index (κ2) is 7.73. The van der Waals surface area contributed by atoms with E-state index in [0.29, 0.717) is 11.3 Å². The van der Waals surface area contributed by atoms with Crippen LogP contribution in [0, 0.1) is 0 Å². The third-order valence-corrected chi connectivity index (χ3v) is 4.31. The molecule has 1 heterocycles. The molecule has 1 saturated heterocycles. The van der Waals surface area contributed by atoms with Crippen molar-refractivity contribution in [2.75, 3.05) is 20.2 Å². The molecule has 22 heavy (non-hydrogen) atoms. The maximum absolute atomic E-state index is 12.5. The van der Waals surface area contributed by atoms with Crippen molar-refractivity contribution >= 4 is 40.7 Å². The summed E-state index contributed by atoms with van der Waals surface area (Å²) in [5.74, 6) is 0.168. The van der Waals surface area contributed by atoms with E-state index in [2.05, 4.69) is 5.32 Å². The van der Waals surface area contributed by atoms with Crippen LogP contribution < -0.4 is 10.1 Å². The van der Waals surface area contributed by atoms with Crippen LogP contribution in [0.2, 0.25) is 0 Å². The lowest BCUT2D eigenvalue weighted by atomic mass is 10.1. The van der Waals surface area contributed by atoms with E-state index in [1.807, 2.05) is 4.90 Å². The van der Waals surface area contributed by atoms with Gasteiger partial charge in [-0.1, -0.05) is 53.4 Å². The molecule has 1 aromatic carbocycles. The number of hydrogen-bond acceptors (Lipinski definition) is 3. The number of amides is 1. The SMILES string of the molecule is COc1ccccc1C(=O)N[C@@H](N1CCCCC1)C(Cl)(Cl)Cl. The topological polar surface area (TPSA) is 41.6 Å². The van der Waals surface area contributed by atoms with Crippen LogP contribution in [0.4, 0.5) is 0 Å². The maximum atomic E-state index is 12.5. The molecule has 7 heteroatoms. The molecule has 1 aliphatic heterocycles. The molecule has 0 radical (unpaired) electrons. The summed E-state index contributed by atoms with van der Waals surface area (Å²) in [6.07, 6.45) is 2.54. The molecular formula is C15H19Cl3N2O2. The number of likely N-dealkylation sites (tertiary alicyclic amines) is 1. The van der Waals surface area contributed by atoms with Crippen LogP contribution in [0.1, 0.15) is 29.6 Å². The van der Waals surface area contributed by atoms with Crippen molar-refractivity contribution in [3.8, 4) is 5.75 Å². The standard InChI is InChI=1S/C15H19Cl3N2O2/c1-22-12-8-4-3-7-11(12)13(21)19-14(15(16,17)18)20-9-5-2-6-10-20/h3-4,7-8,14H,2,5-6,9-10H2,1H3,(H,19,21)/t14-/m0/s1. The van der Waals surface area contributed by atoms with Crippen LogP contribution in [0.5, 0.6) is 5.75 Å². The van der Waals surface area contributed by atoms with Crippen molar-refractivity contribution in [1.29, 1.82) is 0 Å². The van der Waals surface area contributed by atoms with Crippen molar-refractivity contribution in [3.05, 3.63) is 29.8 Å². The van der Waals surface area contributed by atoms with E-state index in [-0.39, 0.29) is 5.91 Å². The highest BCUT2D eigenvalue weighted by Crippen LogP contribution is 2.33. The number of nitrogens with zero attached hydrogens (tertiary/aromatic N) is 1. The van der Waals surface area contributed by atoms with Gasteiger partial charge in [0.2, 0.25) is 3.79 Å². The first-order valence-corrected chi connectivity index (χ1v) is 8.31. The highest BCUT2D eigenvalue weighted by molar-refractivity contribution is 6.68. The number of ether oxygens (including phenoxy) is 1. The number of benzene rings is 1. The number of nitrogens with one attached hydrogen (secondary N) is 1. The van der Waals surface area contributed by atoms with Crippen LogP contribution in [-0.4, -0.2) is 41.0 Å². The van der Waals surface area contributed by atoms with E-state index in [9.17, 15) is 4.79 Å². The quantitative estimate of drug-likeness (QED) is 0.829. The molecule has 1 fully saturated rings. The molecule has 1 atom stereocenters. The fourth-order valence-electron chi connectivity index (χ4n) is 2.59. The molecule has 1 aliphatic rings. The zero-order valence-corrected chi connectivity index (χ0v) is 14.6. The third kappa shape index (κ3) is 4.42. The Balaban J connectivity index is 2.17. The largest absolute Gasteiger partial charge is 0.496 e. The molecule has 1 aromatic rings. The Hall–Kier alpha value is -0.680. The van der Waals surface area contributed by atoms with Gasteiger partial charge < -0.3 is 10.1 Å². The highest BCUT2D eigenvalue weighted by Gasteiger charge is 2.39. The monoisotopic (exact) mass is 364 g/mol. The summed E-state index contributed by atoms with van der Waals surface area (Å²) in [5.41, 5.74) is 0.418. The maximum Gasteiger partial charge on any atom is 0.256 e. The molecule has 2 rings (SSSR count). The summed E-state index contributed by atoms with van der Waals surface area (Å²) in [7, 11) is 1.52. The van der Waals surface area contributed by atoms with Crippen molar-refractivity contribution in [2.24, 2.45) is 0 Å². The van der Waals surface area contributed by atoms with Gasteiger partial charge in [-0.3, -0.25) is 9.69 Å². The Morgan fingerprint density at radius 1 is 1.23 bits per heavy atom. The number of carbonyl (C=O) groups is 1. The predicted molar refractivity (Wildman–Crippen MR) is 90.0 cm³/mol. The number of rotatable bonds is 4. The molecule has 0 bridgehead atoms. The van der Waals surface area contributed by atoms with Crippen LogP contribution in [0.3, 0.4) is 0 Å². The molecule has 1 N–H and O–H groups in total. The Morgan fingerprint density at radius 2 is 1.86 bits per heavy atom. The molecule has 0 spiro atoms. The first kappa shape index (κ1) is 17.7. The first-order chi connectivity index (χ1) is 10.4. The third-order valence-electron chi connectivity index (χ3n) is 3.69. The Bertz CT molecular complexity index is 514. The fraction of sp³-hybridized carbons (Fsp3) is 0.533. The Labute approximate surface area is 145 Å². The van der Waals surface area contributed by atoms with Gasteiger partial charge >= 0.3 is 0 Å². The normalized spacial score (nSPS) is 17.8. The average molecular weight is 366 g/mol. The number of hydrogen-bond donors (Lipinski definition) is 1. The summed E-state index contributed by atoms with van der Waals surface area (Å²) >= 11 is 18.2. The van der Waals surface area contributed by atoms with Gasteiger partial charge in [-0.05, 0) is 25.0 Å². The Kier molecular flexibility index (Phi) is 6.21. The molecule has 0 aromatic heterocycles. The van der Waals surface area contributed by atoms with Gasteiger partial charge in [0.15, 0.2) is 0 Å². The lowest BCUT2D eigenvalue weighted by Crippen LogP contribution is -2.56. The zero-order chi connectivity index (χ0) is 16.2. The van der Waals surface area contributed by atoms with Crippen LogP contribution in [0.15, 0.2) is 24.3 Å². The smallest absolute Gasteiger partial charge is 0.256 e. The van der Waals surface area contributed by atoms with Gasteiger partial charge in [0.1, 0.15) is 11.9 Å². The van der Waals surface area contributed by atoms with Crippen LogP contribution in [-0.2, 0) is 0 Å². The van der Waals surface area contributed by atoms with Gasteiger partial charge in [-0.2, -0.15) is 0 Å². The van der Waals surface area contributed by atoms with Crippen molar-refractivity contribution in [3.63, 3.8) is 0 Å². The summed E-state index contributed by atoms with van der Waals surface area (Å²) in [6, 6.07) is 6.97. The second-order valence-electron chi connectivity index (χ2n) is 5.21.